The van der Waals surface area contributed by atoms with Crippen LogP contribution in [0.5, 0.6) is 0 Å². The normalized spacial score (nSPS) is 12.1. The van der Waals surface area contributed by atoms with Crippen molar-refractivity contribution in [3.63, 3.8) is 0 Å². The second-order valence-corrected chi connectivity index (χ2v) is 4.81. The van der Waals surface area contributed by atoms with E-state index in [2.05, 4.69) is 4.98 Å². The molecule has 94 valence electrons. The fourth-order valence-electron chi connectivity index (χ4n) is 1.38. The largest absolute Gasteiger partial charge is 0.465 e. The lowest BCUT2D eigenvalue weighted by Crippen LogP contribution is -2.20. The van der Waals surface area contributed by atoms with Crippen molar-refractivity contribution < 1.29 is 9.53 Å². The highest BCUT2D eigenvalue weighted by atomic mass is 32.2. The number of rotatable bonds is 6. The first kappa shape index (κ1) is 13.8. The summed E-state index contributed by atoms with van der Waals surface area (Å²) in [4.78, 5) is 16.6. The molecule has 1 rings (SSSR count). The number of nitrogens with zero attached hydrogens (tertiary/aromatic N) is 1. The van der Waals surface area contributed by atoms with Gasteiger partial charge in [-0.25, -0.2) is 0 Å². The first-order chi connectivity index (χ1) is 8.19. The van der Waals surface area contributed by atoms with E-state index in [9.17, 15) is 4.79 Å². The fourth-order valence-corrected chi connectivity index (χ4v) is 2.53. The molecule has 0 saturated heterocycles. The Kier molecular flexibility index (Phi) is 5.83. The molecule has 0 amide bonds. The number of esters is 1. The predicted octanol–water partition coefficient (Wildman–Crippen LogP) is 2.49. The molecule has 0 aromatic carbocycles. The average Bonchev–Trinajstić information content (AvgIpc) is 2.31. The quantitative estimate of drug-likeness (QED) is 0.624. The van der Waals surface area contributed by atoms with Gasteiger partial charge < -0.3 is 10.5 Å². The fraction of sp³-hybridized carbons (Fsp3) is 0.500. The first-order valence-corrected chi connectivity index (χ1v) is 6.59. The molecule has 5 heteroatoms. The zero-order valence-corrected chi connectivity index (χ0v) is 11.0. The molecule has 0 aliphatic rings. The van der Waals surface area contributed by atoms with Gasteiger partial charge in [0.25, 0.3) is 0 Å². The van der Waals surface area contributed by atoms with Crippen molar-refractivity contribution in [2.45, 2.75) is 36.8 Å². The number of nitrogen functional groups attached to an aromatic ring is 1. The van der Waals surface area contributed by atoms with Gasteiger partial charge in [0.2, 0.25) is 0 Å². The number of ether oxygens (including phenoxy) is 1. The molecule has 1 heterocycles. The van der Waals surface area contributed by atoms with Crippen molar-refractivity contribution in [2.75, 3.05) is 12.3 Å². The molecule has 1 aromatic heterocycles. The second kappa shape index (κ2) is 7.17. The molecule has 0 spiro atoms. The Balaban J connectivity index is 2.73. The van der Waals surface area contributed by atoms with E-state index < -0.39 is 0 Å². The van der Waals surface area contributed by atoms with Gasteiger partial charge in [-0.2, -0.15) is 0 Å². The van der Waals surface area contributed by atoms with Crippen LogP contribution in [-0.4, -0.2) is 22.8 Å². The van der Waals surface area contributed by atoms with Crippen LogP contribution in [0.25, 0.3) is 0 Å². The van der Waals surface area contributed by atoms with E-state index in [4.69, 9.17) is 10.5 Å². The van der Waals surface area contributed by atoms with E-state index in [1.807, 2.05) is 19.9 Å². The third-order valence-corrected chi connectivity index (χ3v) is 3.52. The Morgan fingerprint density at radius 1 is 1.59 bits per heavy atom. The lowest BCUT2D eigenvalue weighted by Gasteiger charge is -2.15. The minimum Gasteiger partial charge on any atom is -0.465 e. The van der Waals surface area contributed by atoms with E-state index in [1.165, 1.54) is 11.8 Å². The van der Waals surface area contributed by atoms with E-state index >= 15 is 0 Å². The number of aromatic nitrogens is 1. The molecule has 0 aliphatic carbocycles. The van der Waals surface area contributed by atoms with Crippen molar-refractivity contribution in [3.05, 3.63) is 18.5 Å². The third kappa shape index (κ3) is 4.26. The number of hydrogen-bond acceptors (Lipinski definition) is 5. The highest BCUT2D eigenvalue weighted by molar-refractivity contribution is 8.00. The van der Waals surface area contributed by atoms with Crippen LogP contribution in [0, 0.1) is 0 Å². The highest BCUT2D eigenvalue weighted by Gasteiger charge is 2.20. The molecule has 17 heavy (non-hydrogen) atoms. The molecule has 0 bridgehead atoms. The van der Waals surface area contributed by atoms with Gasteiger partial charge in [-0.1, -0.05) is 13.3 Å². The maximum atomic E-state index is 11.7. The molecule has 2 N–H and O–H groups in total. The number of nitrogens with two attached hydrogens (primary N) is 1. The summed E-state index contributed by atoms with van der Waals surface area (Å²) in [6, 6.07) is 1.82. The summed E-state index contributed by atoms with van der Waals surface area (Å²) >= 11 is 1.45. The summed E-state index contributed by atoms with van der Waals surface area (Å²) in [5.41, 5.74) is 6.40. The van der Waals surface area contributed by atoms with Crippen LogP contribution in [0.2, 0.25) is 0 Å². The van der Waals surface area contributed by atoms with Crippen molar-refractivity contribution in [3.8, 4) is 0 Å². The Labute approximate surface area is 106 Å². The Morgan fingerprint density at radius 3 is 2.94 bits per heavy atom. The lowest BCUT2D eigenvalue weighted by molar-refractivity contribution is -0.142. The van der Waals surface area contributed by atoms with Crippen LogP contribution in [0.1, 0.15) is 26.7 Å². The Bertz CT molecular complexity index is 371. The zero-order valence-electron chi connectivity index (χ0n) is 10.2. The number of carbonyl (C=O) groups is 1. The SMILES string of the molecule is CCCC(Sc1ccncc1N)C(=O)OCC. The minimum atomic E-state index is -0.190. The first-order valence-electron chi connectivity index (χ1n) is 5.71. The van der Waals surface area contributed by atoms with Gasteiger partial charge in [0.05, 0.1) is 18.5 Å². The molecular weight excluding hydrogens is 236 g/mol. The summed E-state index contributed by atoms with van der Waals surface area (Å²) in [6.07, 6.45) is 4.98. The van der Waals surface area contributed by atoms with Gasteiger partial charge in [0.1, 0.15) is 5.25 Å². The summed E-state index contributed by atoms with van der Waals surface area (Å²) in [5, 5.41) is -0.190. The van der Waals surface area contributed by atoms with Gasteiger partial charge in [-0.15, -0.1) is 11.8 Å². The van der Waals surface area contributed by atoms with Crippen molar-refractivity contribution >= 4 is 23.4 Å². The number of anilines is 1. The van der Waals surface area contributed by atoms with Crippen LogP contribution in [0.4, 0.5) is 5.69 Å². The molecule has 1 aromatic rings. The topological polar surface area (TPSA) is 65.2 Å². The van der Waals surface area contributed by atoms with Crippen LogP contribution in [0.3, 0.4) is 0 Å². The van der Waals surface area contributed by atoms with Gasteiger partial charge in [0.15, 0.2) is 0 Å². The minimum absolute atomic E-state index is 0.171. The Hall–Kier alpha value is -1.23. The predicted molar refractivity (Wildman–Crippen MR) is 69.8 cm³/mol. The smallest absolute Gasteiger partial charge is 0.319 e. The van der Waals surface area contributed by atoms with Gasteiger partial charge >= 0.3 is 5.97 Å². The standard InChI is InChI=1S/C12H18N2O2S/c1-3-5-11(12(15)16-4-2)17-10-6-7-14-8-9(10)13/h6-8,11H,3-5,13H2,1-2H3. The molecule has 0 aliphatic heterocycles. The van der Waals surface area contributed by atoms with Gasteiger partial charge in [-0.3, -0.25) is 9.78 Å². The number of thioether (sulfide) groups is 1. The van der Waals surface area contributed by atoms with E-state index in [1.54, 1.807) is 12.4 Å². The molecule has 0 fully saturated rings. The summed E-state index contributed by atoms with van der Waals surface area (Å²) < 4.78 is 5.05. The molecular formula is C12H18N2O2S. The Morgan fingerprint density at radius 2 is 2.35 bits per heavy atom. The molecule has 1 atom stereocenters. The van der Waals surface area contributed by atoms with Gasteiger partial charge in [0, 0.05) is 11.1 Å². The number of hydrogen-bond donors (Lipinski definition) is 1. The zero-order chi connectivity index (χ0) is 12.7. The summed E-state index contributed by atoms with van der Waals surface area (Å²) in [5.74, 6) is -0.171. The lowest BCUT2D eigenvalue weighted by atomic mass is 10.2. The molecule has 0 saturated carbocycles. The van der Waals surface area contributed by atoms with Crippen LogP contribution >= 0.6 is 11.8 Å². The number of pyridine rings is 1. The van der Waals surface area contributed by atoms with Crippen molar-refractivity contribution in [1.82, 2.24) is 4.98 Å². The van der Waals surface area contributed by atoms with E-state index in [0.29, 0.717) is 12.3 Å². The van der Waals surface area contributed by atoms with E-state index in [-0.39, 0.29) is 11.2 Å². The maximum absolute atomic E-state index is 11.7. The number of carbonyl (C=O) groups excluding carboxylic acids is 1. The van der Waals surface area contributed by atoms with Crippen LogP contribution in [0.15, 0.2) is 23.4 Å². The van der Waals surface area contributed by atoms with Crippen molar-refractivity contribution in [1.29, 1.82) is 0 Å². The molecule has 4 nitrogen and oxygen atoms in total. The second-order valence-electron chi connectivity index (χ2n) is 3.56. The average molecular weight is 254 g/mol. The maximum Gasteiger partial charge on any atom is 0.319 e. The van der Waals surface area contributed by atoms with Crippen molar-refractivity contribution in [2.24, 2.45) is 0 Å². The summed E-state index contributed by atoms with van der Waals surface area (Å²) in [6.45, 7) is 4.26. The molecule has 0 radical (unpaired) electrons. The third-order valence-electron chi connectivity index (χ3n) is 2.18. The van der Waals surface area contributed by atoms with E-state index in [0.717, 1.165) is 17.7 Å². The highest BCUT2D eigenvalue weighted by Crippen LogP contribution is 2.30. The van der Waals surface area contributed by atoms with Crippen LogP contribution in [-0.2, 0) is 9.53 Å². The monoisotopic (exact) mass is 254 g/mol. The van der Waals surface area contributed by atoms with Gasteiger partial charge in [-0.05, 0) is 19.4 Å². The summed E-state index contributed by atoms with van der Waals surface area (Å²) in [7, 11) is 0. The molecule has 1 unspecified atom stereocenters. The van der Waals surface area contributed by atoms with Crippen LogP contribution < -0.4 is 5.73 Å².